The maximum absolute atomic E-state index is 11.2. The molecular weight excluding hydrogens is 218 g/mol. The number of aliphatic carboxylic acids is 1. The fourth-order valence-corrected chi connectivity index (χ4v) is 0.913. The number of carbonyl (C=O) groups is 3. The minimum Gasteiger partial charge on any atom is -0.478 e. The Hall–Kier alpha value is -1.63. The molecule has 2 N–H and O–H groups in total. The summed E-state index contributed by atoms with van der Waals surface area (Å²) in [5.41, 5.74) is 0. The molecule has 0 heterocycles. The average Bonchev–Trinajstić information content (AvgIpc) is 2.16. The highest BCUT2D eigenvalue weighted by atomic mass is 16.6. The first-order valence-electron chi connectivity index (χ1n) is 4.63. The third-order valence-electron chi connectivity index (χ3n) is 1.58. The smallest absolute Gasteiger partial charge is 0.345 e. The Labute approximate surface area is 92.7 Å². The van der Waals surface area contributed by atoms with Crippen LogP contribution in [0.4, 0.5) is 0 Å². The highest BCUT2D eigenvalue weighted by Gasteiger charge is 2.23. The van der Waals surface area contributed by atoms with Gasteiger partial charge in [-0.3, -0.25) is 9.59 Å². The summed E-state index contributed by atoms with van der Waals surface area (Å²) < 4.78 is 9.15. The van der Waals surface area contributed by atoms with E-state index in [0.717, 1.165) is 6.92 Å². The zero-order valence-corrected chi connectivity index (χ0v) is 9.19. The van der Waals surface area contributed by atoms with E-state index in [0.29, 0.717) is 6.61 Å². The van der Waals surface area contributed by atoms with Gasteiger partial charge in [0.1, 0.15) is 0 Å². The van der Waals surface area contributed by atoms with Gasteiger partial charge in [0.25, 0.3) is 0 Å². The first-order valence-corrected chi connectivity index (χ1v) is 4.63. The molecule has 0 radical (unpaired) electrons. The van der Waals surface area contributed by atoms with Gasteiger partial charge in [-0.1, -0.05) is 0 Å². The van der Waals surface area contributed by atoms with E-state index >= 15 is 0 Å². The van der Waals surface area contributed by atoms with Gasteiger partial charge >= 0.3 is 11.9 Å². The number of carboxylic acids is 1. The molecule has 0 saturated heterocycles. The van der Waals surface area contributed by atoms with Crippen LogP contribution in [0, 0.1) is 0 Å². The van der Waals surface area contributed by atoms with E-state index < -0.39 is 30.4 Å². The second-order valence-corrected chi connectivity index (χ2v) is 2.98. The van der Waals surface area contributed by atoms with Crippen LogP contribution in [0.2, 0.25) is 0 Å². The quantitative estimate of drug-likeness (QED) is 0.439. The fourth-order valence-electron chi connectivity index (χ4n) is 0.913. The molecule has 7 nitrogen and oxygen atoms in total. The molecule has 0 aromatic heterocycles. The van der Waals surface area contributed by atoms with Crippen LogP contribution in [0.5, 0.6) is 0 Å². The molecule has 0 unspecified atom stereocenters. The number of hydrogen-bond acceptors (Lipinski definition) is 5. The third-order valence-corrected chi connectivity index (χ3v) is 1.58. The van der Waals surface area contributed by atoms with E-state index in [2.05, 4.69) is 10.1 Å². The summed E-state index contributed by atoms with van der Waals surface area (Å²) in [6, 6.07) is 0. The van der Waals surface area contributed by atoms with Gasteiger partial charge < -0.3 is 19.9 Å². The molecule has 0 bridgehead atoms. The summed E-state index contributed by atoms with van der Waals surface area (Å²) in [5, 5.41) is 11.1. The van der Waals surface area contributed by atoms with E-state index in [1.165, 1.54) is 7.11 Å². The fraction of sp³-hybridized carbons (Fsp3) is 0.667. The van der Waals surface area contributed by atoms with Crippen molar-refractivity contribution in [3.05, 3.63) is 0 Å². The van der Waals surface area contributed by atoms with E-state index in [-0.39, 0.29) is 6.54 Å². The van der Waals surface area contributed by atoms with Gasteiger partial charge in [-0.2, -0.15) is 0 Å². The van der Waals surface area contributed by atoms with Crippen molar-refractivity contribution < 1.29 is 29.0 Å². The number of rotatable bonds is 7. The van der Waals surface area contributed by atoms with Crippen LogP contribution >= 0.6 is 0 Å². The molecule has 0 aliphatic rings. The largest absolute Gasteiger partial charge is 0.478 e. The van der Waals surface area contributed by atoms with Gasteiger partial charge in [0, 0.05) is 20.6 Å². The van der Waals surface area contributed by atoms with Crippen LogP contribution in [0.15, 0.2) is 0 Å². The zero-order chi connectivity index (χ0) is 12.6. The topological polar surface area (TPSA) is 102 Å². The molecule has 16 heavy (non-hydrogen) atoms. The lowest BCUT2D eigenvalue weighted by atomic mass is 10.2. The van der Waals surface area contributed by atoms with Crippen molar-refractivity contribution in [2.75, 3.05) is 20.3 Å². The number of hydrogen-bond donors (Lipinski definition) is 2. The van der Waals surface area contributed by atoms with Crippen LogP contribution < -0.4 is 5.32 Å². The van der Waals surface area contributed by atoms with Gasteiger partial charge in [0.15, 0.2) is 0 Å². The van der Waals surface area contributed by atoms with Crippen molar-refractivity contribution in [3.8, 4) is 0 Å². The molecule has 1 atom stereocenters. The van der Waals surface area contributed by atoms with Gasteiger partial charge in [0.05, 0.1) is 13.0 Å². The number of nitrogens with one attached hydrogen (secondary N) is 1. The van der Waals surface area contributed by atoms with Gasteiger partial charge in [-0.15, -0.1) is 0 Å². The predicted octanol–water partition coefficient (Wildman–Crippen LogP) is -0.845. The maximum Gasteiger partial charge on any atom is 0.345 e. The van der Waals surface area contributed by atoms with E-state index in [1.54, 1.807) is 0 Å². The number of methoxy groups -OCH3 is 1. The summed E-state index contributed by atoms with van der Waals surface area (Å²) in [7, 11) is 1.48. The van der Waals surface area contributed by atoms with Crippen LogP contribution in [-0.2, 0) is 23.9 Å². The van der Waals surface area contributed by atoms with Gasteiger partial charge in [-0.05, 0) is 0 Å². The summed E-state index contributed by atoms with van der Waals surface area (Å²) in [4.78, 5) is 32.4. The van der Waals surface area contributed by atoms with Crippen molar-refractivity contribution in [1.29, 1.82) is 0 Å². The molecule has 92 valence electrons. The van der Waals surface area contributed by atoms with Crippen molar-refractivity contribution in [2.45, 2.75) is 19.4 Å². The molecule has 0 spiro atoms. The monoisotopic (exact) mass is 233 g/mol. The molecule has 0 aromatic rings. The SMILES string of the molecule is COCCNC(=O)C[C@@H](OC(C)=O)C(=O)O. The number of carbonyl (C=O) groups excluding carboxylic acids is 2. The average molecular weight is 233 g/mol. The first kappa shape index (κ1) is 14.4. The molecule has 0 saturated carbocycles. The Morgan fingerprint density at radius 3 is 2.44 bits per heavy atom. The van der Waals surface area contributed by atoms with Crippen LogP contribution in [0.3, 0.4) is 0 Å². The molecule has 0 aromatic carbocycles. The molecule has 0 rings (SSSR count). The summed E-state index contributed by atoms with van der Waals surface area (Å²) in [6.45, 7) is 1.69. The Morgan fingerprint density at radius 1 is 1.38 bits per heavy atom. The highest BCUT2D eigenvalue weighted by Crippen LogP contribution is 1.99. The normalized spacial score (nSPS) is 11.6. The van der Waals surface area contributed by atoms with E-state index in [9.17, 15) is 14.4 Å². The molecular formula is C9H15NO6. The molecule has 0 aliphatic heterocycles. The maximum atomic E-state index is 11.2. The van der Waals surface area contributed by atoms with E-state index in [4.69, 9.17) is 9.84 Å². The molecule has 1 amide bonds. The third kappa shape index (κ3) is 6.77. The van der Waals surface area contributed by atoms with Crippen molar-refractivity contribution in [3.63, 3.8) is 0 Å². The van der Waals surface area contributed by atoms with Crippen LogP contribution in [-0.4, -0.2) is 49.3 Å². The number of carboxylic acid groups (broad SMARTS) is 1. The molecule has 0 aliphatic carbocycles. The van der Waals surface area contributed by atoms with Gasteiger partial charge in [0.2, 0.25) is 12.0 Å². The minimum absolute atomic E-state index is 0.280. The summed E-state index contributed by atoms with van der Waals surface area (Å²) >= 11 is 0. The number of esters is 1. The summed E-state index contributed by atoms with van der Waals surface area (Å²) in [6.07, 6.45) is -1.85. The number of ether oxygens (including phenoxy) is 2. The van der Waals surface area contributed by atoms with Crippen LogP contribution in [0.25, 0.3) is 0 Å². The van der Waals surface area contributed by atoms with Gasteiger partial charge in [-0.25, -0.2) is 4.79 Å². The van der Waals surface area contributed by atoms with Crippen molar-refractivity contribution >= 4 is 17.8 Å². The lowest BCUT2D eigenvalue weighted by molar-refractivity contribution is -0.164. The van der Waals surface area contributed by atoms with Crippen LogP contribution in [0.1, 0.15) is 13.3 Å². The molecule has 0 fully saturated rings. The summed E-state index contributed by atoms with van der Waals surface area (Å²) in [5.74, 6) is -2.60. The minimum atomic E-state index is -1.44. The predicted molar refractivity (Wildman–Crippen MR) is 52.7 cm³/mol. The van der Waals surface area contributed by atoms with Crippen molar-refractivity contribution in [1.82, 2.24) is 5.32 Å². The number of amides is 1. The molecule has 7 heteroatoms. The highest BCUT2D eigenvalue weighted by molar-refractivity contribution is 5.85. The Morgan fingerprint density at radius 2 is 2.00 bits per heavy atom. The first-order chi connectivity index (χ1) is 7.47. The Balaban J connectivity index is 4.03. The standard InChI is InChI=1S/C9H15NO6/c1-6(11)16-7(9(13)14)5-8(12)10-3-4-15-2/h7H,3-5H2,1-2H3,(H,10,12)(H,13,14)/t7-/m1/s1. The van der Waals surface area contributed by atoms with Crippen molar-refractivity contribution in [2.24, 2.45) is 0 Å². The second kappa shape index (κ2) is 7.63. The Bertz CT molecular complexity index is 265. The second-order valence-electron chi connectivity index (χ2n) is 2.98. The zero-order valence-electron chi connectivity index (χ0n) is 9.19. The lowest BCUT2D eigenvalue weighted by Gasteiger charge is -2.12. The van der Waals surface area contributed by atoms with E-state index in [1.807, 2.05) is 0 Å². The lowest BCUT2D eigenvalue weighted by Crippen LogP contribution is -2.35. The Kier molecular flexibility index (Phi) is 6.86.